The van der Waals surface area contributed by atoms with Crippen LogP contribution >= 0.6 is 0 Å². The third-order valence-electron chi connectivity index (χ3n) is 2.34. The number of hydrogen-bond donors (Lipinski definition) is 0. The summed E-state index contributed by atoms with van der Waals surface area (Å²) in [7, 11) is 0. The first-order valence-corrected chi connectivity index (χ1v) is 12.1. The fourth-order valence-corrected chi connectivity index (χ4v) is 19.8. The van der Waals surface area contributed by atoms with Gasteiger partial charge in [-0.1, -0.05) is 0 Å². The first kappa shape index (κ1) is 15.0. The van der Waals surface area contributed by atoms with Crippen molar-refractivity contribution in [2.45, 2.75) is 69.8 Å². The Hall–Kier alpha value is 0.956. The van der Waals surface area contributed by atoms with Crippen LogP contribution in [0.3, 0.4) is 0 Å². The number of hydrogen-bond acceptors (Lipinski definition) is 0. The van der Waals surface area contributed by atoms with Gasteiger partial charge in [0.05, 0.1) is 0 Å². The second kappa shape index (κ2) is 9.20. The predicted octanol–water partition coefficient (Wildman–Crippen LogP) is 2.96. The zero-order chi connectivity index (χ0) is 11.0. The Labute approximate surface area is 103 Å². The van der Waals surface area contributed by atoms with E-state index in [2.05, 4.69) is 37.8 Å². The van der Waals surface area contributed by atoms with Gasteiger partial charge in [0.1, 0.15) is 0 Å². The summed E-state index contributed by atoms with van der Waals surface area (Å²) in [4.78, 5) is 0. The van der Waals surface area contributed by atoms with Gasteiger partial charge in [0.15, 0.2) is 0 Å². The van der Waals surface area contributed by atoms with E-state index in [0.29, 0.717) is 0 Å². The van der Waals surface area contributed by atoms with E-state index in [0.717, 1.165) is 9.50 Å². The average Bonchev–Trinajstić information content (AvgIpc) is 2.02. The normalized spacial score (nSPS) is 13.8. The first-order chi connectivity index (χ1) is 6.56. The molecule has 0 aromatic heterocycles. The summed E-state index contributed by atoms with van der Waals surface area (Å²) in [5.41, 5.74) is 0. The standard InChI is InChI=1S/C12H28Ge2/c1-6-7-8-9-12(13-10(2)3)14-11(4)5/h10-11,13H,6-9,14H2,1-5H3. The Balaban J connectivity index is 3.98. The van der Waals surface area contributed by atoms with Crippen molar-refractivity contribution >= 4 is 33.6 Å². The van der Waals surface area contributed by atoms with Crippen LogP contribution in [-0.4, -0.2) is 33.6 Å². The van der Waals surface area contributed by atoms with Gasteiger partial charge in [0.25, 0.3) is 0 Å². The minimum absolute atomic E-state index is 0.0339. The number of rotatable bonds is 7. The summed E-state index contributed by atoms with van der Waals surface area (Å²) in [6.45, 7) is 12.1. The van der Waals surface area contributed by atoms with Gasteiger partial charge in [0.2, 0.25) is 0 Å². The molecule has 0 heterocycles. The summed E-state index contributed by atoms with van der Waals surface area (Å²) in [6.07, 6.45) is 5.87. The van der Waals surface area contributed by atoms with Crippen molar-refractivity contribution < 1.29 is 0 Å². The van der Waals surface area contributed by atoms with Crippen molar-refractivity contribution in [2.75, 3.05) is 0 Å². The van der Waals surface area contributed by atoms with Crippen LogP contribution in [0, 0.1) is 0 Å². The van der Waals surface area contributed by atoms with Crippen LogP contribution in [0.4, 0.5) is 0 Å². The molecule has 0 aliphatic heterocycles. The van der Waals surface area contributed by atoms with E-state index in [4.69, 9.17) is 0 Å². The monoisotopic (exact) mass is 320 g/mol. The van der Waals surface area contributed by atoms with Gasteiger partial charge in [-0.25, -0.2) is 0 Å². The molecule has 0 aliphatic rings. The molecule has 0 N–H and O–H groups in total. The Morgan fingerprint density at radius 2 is 1.79 bits per heavy atom. The molecule has 0 amide bonds. The summed E-state index contributed by atoms with van der Waals surface area (Å²) in [6, 6.07) is 0. The molecule has 0 aromatic rings. The molecule has 0 spiro atoms. The topological polar surface area (TPSA) is 0 Å². The van der Waals surface area contributed by atoms with E-state index in [1.807, 2.05) is 0 Å². The Kier molecular flexibility index (Phi) is 9.83. The SMILES string of the molecule is CCCCC[C](=[GeH][CH](C)C)[GeH2][CH](C)C. The molecule has 0 atom stereocenters. The Morgan fingerprint density at radius 1 is 1.14 bits per heavy atom. The molecule has 0 nitrogen and oxygen atoms in total. The molecule has 0 rings (SSSR count). The molecular weight excluding hydrogens is 289 g/mol. The van der Waals surface area contributed by atoms with E-state index in [1.165, 1.54) is 25.7 Å². The second-order valence-electron chi connectivity index (χ2n) is 5.12. The quantitative estimate of drug-likeness (QED) is 0.500. The maximum atomic E-state index is 2.44. The van der Waals surface area contributed by atoms with Crippen LogP contribution in [-0.2, 0) is 0 Å². The van der Waals surface area contributed by atoms with Gasteiger partial charge in [-0.05, 0) is 0 Å². The Morgan fingerprint density at radius 3 is 2.21 bits per heavy atom. The zero-order valence-corrected chi connectivity index (χ0v) is 16.2. The van der Waals surface area contributed by atoms with Crippen molar-refractivity contribution in [2.24, 2.45) is 0 Å². The minimum atomic E-state index is -0.260. The fourth-order valence-electron chi connectivity index (χ4n) is 1.85. The molecule has 0 saturated carbocycles. The summed E-state index contributed by atoms with van der Waals surface area (Å²) < 4.78 is 4.26. The van der Waals surface area contributed by atoms with E-state index in [-0.39, 0.29) is 30.4 Å². The van der Waals surface area contributed by atoms with Crippen molar-refractivity contribution in [3.05, 3.63) is 0 Å². The molecule has 2 heteroatoms. The summed E-state index contributed by atoms with van der Waals surface area (Å²) >= 11 is -0.226. The third-order valence-corrected chi connectivity index (χ3v) is 14.0. The van der Waals surface area contributed by atoms with Crippen molar-refractivity contribution in [1.29, 1.82) is 0 Å². The van der Waals surface area contributed by atoms with Crippen LogP contribution in [0.25, 0.3) is 0 Å². The van der Waals surface area contributed by atoms with Crippen molar-refractivity contribution in [3.63, 3.8) is 0 Å². The van der Waals surface area contributed by atoms with E-state index in [1.54, 1.807) is 0 Å². The number of unbranched alkanes of at least 4 members (excludes halogenated alkanes) is 2. The van der Waals surface area contributed by atoms with E-state index >= 15 is 0 Å². The Bertz CT molecular complexity index is 160. The van der Waals surface area contributed by atoms with Crippen LogP contribution in [0.2, 0.25) is 9.50 Å². The third kappa shape index (κ3) is 9.51. The predicted molar refractivity (Wildman–Crippen MR) is 75.0 cm³/mol. The van der Waals surface area contributed by atoms with E-state index in [9.17, 15) is 0 Å². The molecular formula is C12H28Ge2. The van der Waals surface area contributed by atoms with Crippen LogP contribution in [0.15, 0.2) is 0 Å². The van der Waals surface area contributed by atoms with Gasteiger partial charge in [-0.2, -0.15) is 0 Å². The van der Waals surface area contributed by atoms with Crippen LogP contribution in [0.5, 0.6) is 0 Å². The van der Waals surface area contributed by atoms with Gasteiger partial charge in [-0.15, -0.1) is 0 Å². The molecule has 0 saturated heterocycles. The first-order valence-electron chi connectivity index (χ1n) is 6.25. The van der Waals surface area contributed by atoms with Gasteiger partial charge in [-0.3, -0.25) is 0 Å². The van der Waals surface area contributed by atoms with Gasteiger partial charge < -0.3 is 0 Å². The van der Waals surface area contributed by atoms with Gasteiger partial charge in [0, 0.05) is 0 Å². The molecule has 0 bridgehead atoms. The molecule has 0 radical (unpaired) electrons. The molecule has 0 aliphatic carbocycles. The zero-order valence-electron chi connectivity index (χ0n) is 10.8. The molecule has 0 fully saturated rings. The molecule has 0 aromatic carbocycles. The van der Waals surface area contributed by atoms with Crippen molar-refractivity contribution in [1.82, 2.24) is 0 Å². The molecule has 84 valence electrons. The maximum absolute atomic E-state index is 2.44. The van der Waals surface area contributed by atoms with Gasteiger partial charge >= 0.3 is 103 Å². The van der Waals surface area contributed by atoms with Crippen molar-refractivity contribution in [3.8, 4) is 0 Å². The summed E-state index contributed by atoms with van der Waals surface area (Å²) in [5.74, 6) is 0. The summed E-state index contributed by atoms with van der Waals surface area (Å²) in [5, 5.41) is 0. The second-order valence-corrected chi connectivity index (χ2v) is 20.1. The van der Waals surface area contributed by atoms with Crippen LogP contribution in [0.1, 0.15) is 60.3 Å². The van der Waals surface area contributed by atoms with Crippen LogP contribution < -0.4 is 0 Å². The molecule has 14 heavy (non-hydrogen) atoms. The van der Waals surface area contributed by atoms with E-state index < -0.39 is 0 Å². The fraction of sp³-hybridized carbons (Fsp3) is 0.917. The average molecular weight is 318 g/mol. The molecule has 0 unspecified atom stereocenters.